The summed E-state index contributed by atoms with van der Waals surface area (Å²) in [6, 6.07) is 3.94. The van der Waals surface area contributed by atoms with E-state index in [1.165, 1.54) is 0 Å². The molecule has 1 rings (SSSR count). The fourth-order valence-electron chi connectivity index (χ4n) is 0.939. The van der Waals surface area contributed by atoms with E-state index in [9.17, 15) is 0 Å². The van der Waals surface area contributed by atoms with Crippen molar-refractivity contribution in [2.45, 2.75) is 14.4 Å². The molecule has 0 radical (unpaired) electrons. The maximum atomic E-state index is 4.18. The molecule has 0 aliphatic carbocycles. The van der Waals surface area contributed by atoms with Crippen molar-refractivity contribution >= 4 is 12.2 Å². The van der Waals surface area contributed by atoms with Crippen LogP contribution in [-0.4, -0.2) is 4.98 Å². The average Bonchev–Trinajstić information content (AvgIpc) is 2.06. The summed E-state index contributed by atoms with van der Waals surface area (Å²) in [4.78, 5) is 4.18. The van der Waals surface area contributed by atoms with E-state index in [0.717, 1.165) is 10.6 Å². The van der Waals surface area contributed by atoms with Crippen LogP contribution in [-0.2, 0) is 0 Å². The van der Waals surface area contributed by atoms with Crippen LogP contribution in [0.5, 0.6) is 0 Å². The molecule has 1 heterocycles. The molecule has 0 spiro atoms. The smallest absolute Gasteiger partial charge is 0.0659 e. The van der Waals surface area contributed by atoms with E-state index in [0.29, 0.717) is 0 Å². The van der Waals surface area contributed by atoms with Gasteiger partial charge in [-0.1, -0.05) is 38.3 Å². The Labute approximate surface area is 73.8 Å². The fraction of sp³-hybridized carbons (Fsp3) is 0.182. The molecule has 12 heavy (non-hydrogen) atoms. The van der Waals surface area contributed by atoms with Crippen molar-refractivity contribution in [1.29, 1.82) is 0 Å². The first-order chi connectivity index (χ1) is 5.38. The average molecular weight is 161 g/mol. The second kappa shape index (κ2) is 5.30. The minimum absolute atomic E-state index is 0. The number of allylic oxidation sites excluding steroid dienone is 1. The lowest BCUT2D eigenvalue weighted by molar-refractivity contribution is 1.22. The number of hydrogen-bond donors (Lipinski definition) is 0. The Morgan fingerprint density at radius 3 is 2.83 bits per heavy atom. The lowest BCUT2D eigenvalue weighted by Crippen LogP contribution is -2.26. The van der Waals surface area contributed by atoms with Gasteiger partial charge in [-0.05, 0) is 18.2 Å². The van der Waals surface area contributed by atoms with Crippen LogP contribution in [0, 0.1) is 0 Å². The Morgan fingerprint density at radius 2 is 2.25 bits per heavy atom. The molecular formula is C11H15N. The summed E-state index contributed by atoms with van der Waals surface area (Å²) < 4.78 is 0. The van der Waals surface area contributed by atoms with Crippen LogP contribution in [0.15, 0.2) is 31.0 Å². The van der Waals surface area contributed by atoms with E-state index in [-0.39, 0.29) is 7.43 Å². The van der Waals surface area contributed by atoms with E-state index < -0.39 is 0 Å². The van der Waals surface area contributed by atoms with Gasteiger partial charge < -0.3 is 0 Å². The Balaban J connectivity index is 0.00000121. The van der Waals surface area contributed by atoms with E-state index in [1.54, 1.807) is 12.3 Å². The summed E-state index contributed by atoms with van der Waals surface area (Å²) in [5.41, 5.74) is 0. The third kappa shape index (κ3) is 2.35. The molecule has 0 saturated carbocycles. The first-order valence-corrected chi connectivity index (χ1v) is 3.58. The van der Waals surface area contributed by atoms with Crippen LogP contribution in [0.2, 0.25) is 0 Å². The van der Waals surface area contributed by atoms with E-state index >= 15 is 0 Å². The molecule has 0 fully saturated rings. The maximum absolute atomic E-state index is 4.18. The van der Waals surface area contributed by atoms with Crippen LogP contribution < -0.4 is 10.6 Å². The van der Waals surface area contributed by atoms with Gasteiger partial charge in [-0.15, -0.1) is 0 Å². The van der Waals surface area contributed by atoms with Gasteiger partial charge in [-0.25, -0.2) is 0 Å². The van der Waals surface area contributed by atoms with Gasteiger partial charge in [0.15, 0.2) is 0 Å². The van der Waals surface area contributed by atoms with Crippen LogP contribution in [0.3, 0.4) is 0 Å². The van der Waals surface area contributed by atoms with Crippen LogP contribution >= 0.6 is 0 Å². The van der Waals surface area contributed by atoms with Gasteiger partial charge >= 0.3 is 0 Å². The first-order valence-electron chi connectivity index (χ1n) is 3.58. The molecule has 0 aliphatic heterocycles. The molecule has 0 amide bonds. The Hall–Kier alpha value is -1.37. The predicted octanol–water partition coefficient (Wildman–Crippen LogP) is 1.48. The summed E-state index contributed by atoms with van der Waals surface area (Å²) in [5, 5.41) is 2.12. The van der Waals surface area contributed by atoms with Gasteiger partial charge in [0.1, 0.15) is 0 Å². The van der Waals surface area contributed by atoms with E-state index in [1.807, 2.05) is 31.2 Å². The quantitative estimate of drug-likeness (QED) is 0.608. The maximum Gasteiger partial charge on any atom is 0.0659 e. The third-order valence-corrected chi connectivity index (χ3v) is 1.44. The Morgan fingerprint density at radius 1 is 1.50 bits per heavy atom. The van der Waals surface area contributed by atoms with Crippen molar-refractivity contribution in [3.63, 3.8) is 0 Å². The zero-order valence-corrected chi connectivity index (χ0v) is 6.62. The molecule has 0 saturated heterocycles. The van der Waals surface area contributed by atoms with Crippen molar-refractivity contribution in [2.75, 3.05) is 0 Å². The normalized spacial score (nSPS) is 12.4. The van der Waals surface area contributed by atoms with Crippen molar-refractivity contribution < 1.29 is 0 Å². The van der Waals surface area contributed by atoms with Crippen molar-refractivity contribution in [2.24, 2.45) is 0 Å². The number of rotatable bonds is 1. The summed E-state index contributed by atoms with van der Waals surface area (Å²) in [6.45, 7) is 5.61. The molecule has 0 atom stereocenters. The SMILES string of the molecule is C.C=C/C=c1/cccn/c1=C/C. The van der Waals surface area contributed by atoms with Crippen molar-refractivity contribution in [3.8, 4) is 0 Å². The zero-order valence-electron chi connectivity index (χ0n) is 6.62. The zero-order chi connectivity index (χ0) is 8.10. The van der Waals surface area contributed by atoms with Crippen LogP contribution in [0.25, 0.3) is 12.2 Å². The van der Waals surface area contributed by atoms with Gasteiger partial charge in [-0.3, -0.25) is 4.98 Å². The molecule has 1 aromatic heterocycles. The topological polar surface area (TPSA) is 12.9 Å². The van der Waals surface area contributed by atoms with Crippen molar-refractivity contribution in [1.82, 2.24) is 4.98 Å². The predicted molar refractivity (Wildman–Crippen MR) is 55.0 cm³/mol. The lowest BCUT2D eigenvalue weighted by atomic mass is 10.3. The molecule has 64 valence electrons. The Bertz CT molecular complexity index is 350. The molecular weight excluding hydrogens is 146 g/mol. The molecule has 0 unspecified atom stereocenters. The molecule has 1 heteroatoms. The Kier molecular flexibility index (Phi) is 4.70. The standard InChI is InChI=1S/C10H11N.CH4/c1-3-6-9-7-5-8-11-10(9)4-2;/h3-8H,1H2,2H3;1H4/b9-6-,10-4+;. The van der Waals surface area contributed by atoms with Gasteiger partial charge in [0.2, 0.25) is 0 Å². The van der Waals surface area contributed by atoms with E-state index in [4.69, 9.17) is 0 Å². The molecule has 0 aromatic carbocycles. The number of hydrogen-bond acceptors (Lipinski definition) is 1. The van der Waals surface area contributed by atoms with Gasteiger partial charge in [-0.2, -0.15) is 0 Å². The summed E-state index contributed by atoms with van der Waals surface area (Å²) in [5.74, 6) is 0. The highest BCUT2D eigenvalue weighted by Crippen LogP contribution is 1.68. The highest BCUT2D eigenvalue weighted by molar-refractivity contribution is 5.35. The molecule has 1 aromatic rings. The van der Waals surface area contributed by atoms with Gasteiger partial charge in [0, 0.05) is 6.20 Å². The summed E-state index contributed by atoms with van der Waals surface area (Å²) in [7, 11) is 0. The molecule has 0 N–H and O–H groups in total. The van der Waals surface area contributed by atoms with Gasteiger partial charge in [0.05, 0.1) is 5.35 Å². The summed E-state index contributed by atoms with van der Waals surface area (Å²) >= 11 is 0. The minimum atomic E-state index is 0. The second-order valence-corrected chi connectivity index (χ2v) is 2.17. The minimum Gasteiger partial charge on any atom is -0.257 e. The van der Waals surface area contributed by atoms with Crippen molar-refractivity contribution in [3.05, 3.63) is 41.6 Å². The third-order valence-electron chi connectivity index (χ3n) is 1.44. The molecule has 0 bridgehead atoms. The highest BCUT2D eigenvalue weighted by atomic mass is 14.6. The number of aromatic nitrogens is 1. The largest absolute Gasteiger partial charge is 0.257 e. The molecule has 1 nitrogen and oxygen atoms in total. The van der Waals surface area contributed by atoms with Gasteiger partial charge in [0.25, 0.3) is 0 Å². The highest BCUT2D eigenvalue weighted by Gasteiger charge is 1.79. The first kappa shape index (κ1) is 10.6. The lowest BCUT2D eigenvalue weighted by Gasteiger charge is -1.85. The number of pyridine rings is 1. The van der Waals surface area contributed by atoms with E-state index in [2.05, 4.69) is 11.6 Å². The number of nitrogens with zero attached hydrogens (tertiary/aromatic N) is 1. The van der Waals surface area contributed by atoms with Crippen LogP contribution in [0.1, 0.15) is 14.4 Å². The molecule has 0 aliphatic rings. The van der Waals surface area contributed by atoms with Crippen LogP contribution in [0.4, 0.5) is 0 Å². The monoisotopic (exact) mass is 161 g/mol. The fourth-order valence-corrected chi connectivity index (χ4v) is 0.939. The summed E-state index contributed by atoms with van der Waals surface area (Å²) in [6.07, 6.45) is 7.48. The second-order valence-electron chi connectivity index (χ2n) is 2.17.